The Morgan fingerprint density at radius 3 is 2.90 bits per heavy atom. The van der Waals surface area contributed by atoms with Gasteiger partial charge >= 0.3 is 0 Å². The molecular weight excluding hydrogens is 252 g/mol. The summed E-state index contributed by atoms with van der Waals surface area (Å²) in [6, 6.07) is 8.69. The summed E-state index contributed by atoms with van der Waals surface area (Å²) in [6.07, 6.45) is 4.47. The summed E-state index contributed by atoms with van der Waals surface area (Å²) in [5, 5.41) is 10.4. The van der Waals surface area contributed by atoms with Crippen LogP contribution < -0.4 is 0 Å². The molecule has 1 aliphatic carbocycles. The zero-order valence-corrected chi connectivity index (χ0v) is 11.1. The summed E-state index contributed by atoms with van der Waals surface area (Å²) < 4.78 is 7.67. The highest BCUT2D eigenvalue weighted by atomic mass is 16.5. The molecule has 1 saturated carbocycles. The fourth-order valence-corrected chi connectivity index (χ4v) is 4.39. The molecule has 5 rings (SSSR count). The van der Waals surface area contributed by atoms with Gasteiger partial charge in [-0.2, -0.15) is 0 Å². The Balaban J connectivity index is 1.68. The highest BCUT2D eigenvalue weighted by molar-refractivity contribution is 5.69. The van der Waals surface area contributed by atoms with Crippen LogP contribution in [0, 0.1) is 11.3 Å². The standard InChI is InChI=1S/C16H16N2O2/c19-13-5-16(7-20-8-16)14(13)15-11-4-2-1-3-10(11)12-6-17-9-18(12)15/h1-4,6,9,13-15,19H,5,7-8H2/t13-,14+,15+/m0/s1. The van der Waals surface area contributed by atoms with Gasteiger partial charge in [-0.1, -0.05) is 24.3 Å². The molecule has 0 unspecified atom stereocenters. The molecule has 4 heteroatoms. The number of rotatable bonds is 1. The van der Waals surface area contributed by atoms with Crippen molar-refractivity contribution in [1.82, 2.24) is 9.55 Å². The number of aliphatic hydroxyl groups excluding tert-OH is 1. The molecule has 4 nitrogen and oxygen atoms in total. The minimum atomic E-state index is -0.231. The van der Waals surface area contributed by atoms with E-state index in [4.69, 9.17) is 4.74 Å². The molecular formula is C16H16N2O2. The lowest BCUT2D eigenvalue weighted by Gasteiger charge is -2.60. The molecule has 3 heterocycles. The summed E-state index contributed by atoms with van der Waals surface area (Å²) in [5.41, 5.74) is 3.92. The molecule has 1 aromatic carbocycles. The molecule has 0 amide bonds. The molecule has 0 radical (unpaired) electrons. The molecule has 1 aromatic heterocycles. The van der Waals surface area contributed by atoms with Gasteiger partial charge in [0.15, 0.2) is 0 Å². The first-order chi connectivity index (χ1) is 9.80. The minimum Gasteiger partial charge on any atom is -0.393 e. The fraction of sp³-hybridized carbons (Fsp3) is 0.438. The maximum absolute atomic E-state index is 10.4. The van der Waals surface area contributed by atoms with E-state index >= 15 is 0 Å². The molecule has 2 fully saturated rings. The molecule has 1 N–H and O–H groups in total. The Hall–Kier alpha value is -1.65. The zero-order valence-electron chi connectivity index (χ0n) is 11.1. The number of nitrogens with zero attached hydrogens (tertiary/aromatic N) is 2. The van der Waals surface area contributed by atoms with Crippen LogP contribution in [0.15, 0.2) is 36.8 Å². The number of imidazole rings is 1. The van der Waals surface area contributed by atoms with Gasteiger partial charge in [0, 0.05) is 16.9 Å². The normalized spacial score (nSPS) is 32.4. The predicted molar refractivity (Wildman–Crippen MR) is 73.2 cm³/mol. The largest absolute Gasteiger partial charge is 0.393 e. The van der Waals surface area contributed by atoms with Crippen LogP contribution in [0.25, 0.3) is 11.3 Å². The number of hydrogen-bond acceptors (Lipinski definition) is 3. The van der Waals surface area contributed by atoms with E-state index in [1.54, 1.807) is 0 Å². The van der Waals surface area contributed by atoms with Gasteiger partial charge in [0.25, 0.3) is 0 Å². The van der Waals surface area contributed by atoms with Crippen LogP contribution >= 0.6 is 0 Å². The number of aliphatic hydroxyl groups is 1. The highest BCUT2D eigenvalue weighted by Crippen LogP contribution is 2.60. The third-order valence-electron chi connectivity index (χ3n) is 5.38. The third-order valence-corrected chi connectivity index (χ3v) is 5.38. The smallest absolute Gasteiger partial charge is 0.0956 e. The van der Waals surface area contributed by atoms with Gasteiger partial charge in [-0.3, -0.25) is 0 Å². The molecule has 1 saturated heterocycles. The topological polar surface area (TPSA) is 47.3 Å². The van der Waals surface area contributed by atoms with Crippen molar-refractivity contribution in [3.05, 3.63) is 42.4 Å². The molecule has 3 atom stereocenters. The third kappa shape index (κ3) is 1.13. The van der Waals surface area contributed by atoms with E-state index in [9.17, 15) is 5.11 Å². The highest BCUT2D eigenvalue weighted by Gasteiger charge is 2.62. The predicted octanol–water partition coefficient (Wildman–Crippen LogP) is 1.85. The number of aromatic nitrogens is 2. The summed E-state index contributed by atoms with van der Waals surface area (Å²) >= 11 is 0. The average Bonchev–Trinajstić information content (AvgIpc) is 2.97. The Morgan fingerprint density at radius 1 is 1.30 bits per heavy atom. The number of benzene rings is 1. The van der Waals surface area contributed by atoms with Crippen molar-refractivity contribution in [2.45, 2.75) is 18.6 Å². The van der Waals surface area contributed by atoms with Crippen LogP contribution in [-0.2, 0) is 4.74 Å². The lowest BCUT2D eigenvalue weighted by Crippen LogP contribution is -2.64. The Labute approximate surface area is 117 Å². The van der Waals surface area contributed by atoms with Crippen LogP contribution in [0.5, 0.6) is 0 Å². The van der Waals surface area contributed by atoms with Crippen LogP contribution in [0.4, 0.5) is 0 Å². The van der Waals surface area contributed by atoms with Gasteiger partial charge < -0.3 is 14.4 Å². The quantitative estimate of drug-likeness (QED) is 0.858. The van der Waals surface area contributed by atoms with Crippen molar-refractivity contribution in [2.24, 2.45) is 11.3 Å². The first kappa shape index (κ1) is 11.1. The molecule has 1 spiro atoms. The molecule has 2 aliphatic heterocycles. The fourth-order valence-electron chi connectivity index (χ4n) is 4.39. The van der Waals surface area contributed by atoms with E-state index in [0.717, 1.165) is 19.6 Å². The van der Waals surface area contributed by atoms with Gasteiger partial charge in [-0.25, -0.2) is 4.98 Å². The van der Waals surface area contributed by atoms with Crippen LogP contribution in [0.1, 0.15) is 18.0 Å². The minimum absolute atomic E-state index is 0.184. The average molecular weight is 268 g/mol. The second-order valence-electron chi connectivity index (χ2n) is 6.37. The van der Waals surface area contributed by atoms with E-state index in [0.29, 0.717) is 0 Å². The zero-order chi connectivity index (χ0) is 13.3. The van der Waals surface area contributed by atoms with Crippen LogP contribution in [0.3, 0.4) is 0 Å². The monoisotopic (exact) mass is 268 g/mol. The summed E-state index contributed by atoms with van der Waals surface area (Å²) in [4.78, 5) is 4.30. The van der Waals surface area contributed by atoms with Gasteiger partial charge in [0.1, 0.15) is 0 Å². The molecule has 3 aliphatic rings. The lowest BCUT2D eigenvalue weighted by atomic mass is 9.53. The summed E-state index contributed by atoms with van der Waals surface area (Å²) in [7, 11) is 0. The van der Waals surface area contributed by atoms with E-state index in [1.807, 2.05) is 12.5 Å². The van der Waals surface area contributed by atoms with E-state index in [2.05, 4.69) is 33.8 Å². The van der Waals surface area contributed by atoms with Crippen molar-refractivity contribution in [2.75, 3.05) is 13.2 Å². The molecule has 0 bridgehead atoms. The van der Waals surface area contributed by atoms with Gasteiger partial charge in [0.2, 0.25) is 0 Å². The molecule has 2 aromatic rings. The number of hydrogen-bond donors (Lipinski definition) is 1. The first-order valence-corrected chi connectivity index (χ1v) is 7.17. The Bertz CT molecular complexity index is 689. The van der Waals surface area contributed by atoms with Crippen molar-refractivity contribution >= 4 is 0 Å². The van der Waals surface area contributed by atoms with Gasteiger partial charge in [-0.15, -0.1) is 0 Å². The van der Waals surface area contributed by atoms with E-state index in [-0.39, 0.29) is 23.5 Å². The summed E-state index contributed by atoms with van der Waals surface area (Å²) in [5.74, 6) is 0.243. The molecule has 20 heavy (non-hydrogen) atoms. The van der Waals surface area contributed by atoms with E-state index in [1.165, 1.54) is 16.8 Å². The maximum atomic E-state index is 10.4. The Kier molecular flexibility index (Phi) is 1.94. The second kappa shape index (κ2) is 3.51. The number of fused-ring (bicyclic) bond motifs is 3. The maximum Gasteiger partial charge on any atom is 0.0956 e. The van der Waals surface area contributed by atoms with Gasteiger partial charge in [-0.05, 0) is 12.0 Å². The van der Waals surface area contributed by atoms with Crippen molar-refractivity contribution in [1.29, 1.82) is 0 Å². The lowest BCUT2D eigenvalue weighted by molar-refractivity contribution is -0.250. The molecule has 102 valence electrons. The van der Waals surface area contributed by atoms with Crippen LogP contribution in [-0.4, -0.2) is 34.0 Å². The van der Waals surface area contributed by atoms with Crippen molar-refractivity contribution in [3.63, 3.8) is 0 Å². The summed E-state index contributed by atoms with van der Waals surface area (Å²) in [6.45, 7) is 1.58. The Morgan fingerprint density at radius 2 is 2.15 bits per heavy atom. The van der Waals surface area contributed by atoms with Crippen molar-refractivity contribution in [3.8, 4) is 11.3 Å². The number of ether oxygens (including phenoxy) is 1. The second-order valence-corrected chi connectivity index (χ2v) is 6.37. The van der Waals surface area contributed by atoms with Crippen molar-refractivity contribution < 1.29 is 9.84 Å². The first-order valence-electron chi connectivity index (χ1n) is 7.17. The van der Waals surface area contributed by atoms with Gasteiger partial charge in [0.05, 0.1) is 43.6 Å². The SMILES string of the molecule is O[C@H]1CC2(COC2)[C@H]1[C@H]1c2ccccc2-c2cncn21. The van der Waals surface area contributed by atoms with Crippen LogP contribution in [0.2, 0.25) is 0 Å². The van der Waals surface area contributed by atoms with E-state index < -0.39 is 0 Å².